The van der Waals surface area contributed by atoms with Crippen LogP contribution in [-0.4, -0.2) is 23.9 Å². The first-order chi connectivity index (χ1) is 8.16. The number of halogens is 1. The molecule has 0 atom stereocenters. The molecule has 0 aliphatic carbocycles. The number of rotatable bonds is 3. The van der Waals surface area contributed by atoms with Crippen molar-refractivity contribution >= 4 is 17.5 Å². The van der Waals surface area contributed by atoms with Crippen molar-refractivity contribution < 1.29 is 4.79 Å². The third-order valence-corrected chi connectivity index (χ3v) is 3.73. The van der Waals surface area contributed by atoms with Crippen LogP contribution in [-0.2, 0) is 11.2 Å². The average Bonchev–Trinajstić information content (AvgIpc) is 2.84. The van der Waals surface area contributed by atoms with Crippen molar-refractivity contribution in [2.45, 2.75) is 32.6 Å². The molecule has 1 aromatic rings. The number of hydrogen-bond acceptors (Lipinski definition) is 1. The smallest absolute Gasteiger partial charge is 0.222 e. The molecule has 1 aromatic carbocycles. The highest BCUT2D eigenvalue weighted by Crippen LogP contribution is 2.18. The molecule has 1 amide bonds. The largest absolute Gasteiger partial charge is 0.343 e. The van der Waals surface area contributed by atoms with Gasteiger partial charge in [0.2, 0.25) is 5.91 Å². The maximum atomic E-state index is 11.9. The third kappa shape index (κ3) is 3.22. The summed E-state index contributed by atoms with van der Waals surface area (Å²) in [6.07, 6.45) is 3.69. The molecule has 1 aliphatic heterocycles. The highest BCUT2D eigenvalue weighted by Gasteiger charge is 2.17. The molecule has 1 fully saturated rings. The SMILES string of the molecule is Cc1ccc(CCC(=O)N2CCCC2)cc1Cl. The van der Waals surface area contributed by atoms with Crippen LogP contribution in [0.25, 0.3) is 0 Å². The van der Waals surface area contributed by atoms with E-state index in [2.05, 4.69) is 6.07 Å². The monoisotopic (exact) mass is 251 g/mol. The number of carbonyl (C=O) groups excluding carboxylic acids is 1. The van der Waals surface area contributed by atoms with E-state index in [9.17, 15) is 4.79 Å². The molecular weight excluding hydrogens is 234 g/mol. The van der Waals surface area contributed by atoms with E-state index < -0.39 is 0 Å². The number of aryl methyl sites for hydroxylation is 2. The standard InChI is InChI=1S/C14H18ClNO/c1-11-4-5-12(10-13(11)15)6-7-14(17)16-8-2-3-9-16/h4-5,10H,2-3,6-9H2,1H3. The van der Waals surface area contributed by atoms with Gasteiger partial charge in [-0.05, 0) is 43.4 Å². The van der Waals surface area contributed by atoms with E-state index >= 15 is 0 Å². The second kappa shape index (κ2) is 5.54. The van der Waals surface area contributed by atoms with Crippen molar-refractivity contribution in [3.63, 3.8) is 0 Å². The predicted octanol–water partition coefficient (Wildman–Crippen LogP) is 3.20. The molecule has 0 saturated carbocycles. The zero-order valence-electron chi connectivity index (χ0n) is 10.2. The zero-order valence-corrected chi connectivity index (χ0v) is 11.0. The number of benzene rings is 1. The summed E-state index contributed by atoms with van der Waals surface area (Å²) in [4.78, 5) is 13.8. The Morgan fingerprint density at radius 3 is 2.71 bits per heavy atom. The van der Waals surface area contributed by atoms with Crippen molar-refractivity contribution in [2.24, 2.45) is 0 Å². The summed E-state index contributed by atoms with van der Waals surface area (Å²) in [6, 6.07) is 6.03. The van der Waals surface area contributed by atoms with Crippen molar-refractivity contribution in [3.05, 3.63) is 34.3 Å². The first kappa shape index (κ1) is 12.4. The first-order valence-corrected chi connectivity index (χ1v) is 6.57. The lowest BCUT2D eigenvalue weighted by atomic mass is 10.1. The van der Waals surface area contributed by atoms with E-state index in [0.29, 0.717) is 6.42 Å². The summed E-state index contributed by atoms with van der Waals surface area (Å²) in [6.45, 7) is 3.86. The van der Waals surface area contributed by atoms with E-state index in [1.165, 1.54) is 0 Å². The minimum Gasteiger partial charge on any atom is -0.343 e. The van der Waals surface area contributed by atoms with E-state index in [-0.39, 0.29) is 5.91 Å². The second-order valence-electron chi connectivity index (χ2n) is 4.67. The highest BCUT2D eigenvalue weighted by molar-refractivity contribution is 6.31. The molecule has 0 N–H and O–H groups in total. The van der Waals surface area contributed by atoms with Gasteiger partial charge in [0.25, 0.3) is 0 Å². The maximum Gasteiger partial charge on any atom is 0.222 e. The quantitative estimate of drug-likeness (QED) is 0.808. The van der Waals surface area contributed by atoms with Gasteiger partial charge < -0.3 is 4.90 Å². The average molecular weight is 252 g/mol. The Morgan fingerprint density at radius 2 is 2.06 bits per heavy atom. The molecular formula is C14H18ClNO. The van der Waals surface area contributed by atoms with Crippen LogP contribution in [0.4, 0.5) is 0 Å². The van der Waals surface area contributed by atoms with Gasteiger partial charge in [-0.3, -0.25) is 4.79 Å². The third-order valence-electron chi connectivity index (χ3n) is 3.32. The normalized spacial score (nSPS) is 15.3. The molecule has 92 valence electrons. The summed E-state index contributed by atoms with van der Waals surface area (Å²) in [5.74, 6) is 0.277. The van der Waals surface area contributed by atoms with Gasteiger partial charge in [0.15, 0.2) is 0 Å². The fourth-order valence-electron chi connectivity index (χ4n) is 2.17. The molecule has 1 heterocycles. The van der Waals surface area contributed by atoms with Crippen molar-refractivity contribution in [3.8, 4) is 0 Å². The molecule has 0 bridgehead atoms. The molecule has 0 aromatic heterocycles. The number of likely N-dealkylation sites (tertiary alicyclic amines) is 1. The summed E-state index contributed by atoms with van der Waals surface area (Å²) < 4.78 is 0. The Kier molecular flexibility index (Phi) is 4.06. The number of amides is 1. The molecule has 0 unspecified atom stereocenters. The van der Waals surface area contributed by atoms with Crippen molar-refractivity contribution in [1.29, 1.82) is 0 Å². The van der Waals surface area contributed by atoms with E-state index in [1.807, 2.05) is 24.0 Å². The van der Waals surface area contributed by atoms with Crippen LogP contribution in [0.3, 0.4) is 0 Å². The van der Waals surface area contributed by atoms with Crippen LogP contribution >= 0.6 is 11.6 Å². The van der Waals surface area contributed by atoms with Gasteiger partial charge in [0, 0.05) is 24.5 Å². The van der Waals surface area contributed by atoms with Crippen LogP contribution in [0.2, 0.25) is 5.02 Å². The molecule has 1 aliphatic rings. The van der Waals surface area contributed by atoms with Gasteiger partial charge in [-0.25, -0.2) is 0 Å². The minimum absolute atomic E-state index is 0.277. The van der Waals surface area contributed by atoms with Gasteiger partial charge in [0.05, 0.1) is 0 Å². The molecule has 2 rings (SSSR count). The summed E-state index contributed by atoms with van der Waals surface area (Å²) in [5.41, 5.74) is 2.23. The summed E-state index contributed by atoms with van der Waals surface area (Å²) in [7, 11) is 0. The van der Waals surface area contributed by atoms with Crippen LogP contribution < -0.4 is 0 Å². The lowest BCUT2D eigenvalue weighted by molar-refractivity contribution is -0.130. The molecule has 17 heavy (non-hydrogen) atoms. The maximum absolute atomic E-state index is 11.9. The minimum atomic E-state index is 0.277. The van der Waals surface area contributed by atoms with Gasteiger partial charge >= 0.3 is 0 Å². The molecule has 1 saturated heterocycles. The van der Waals surface area contributed by atoms with Crippen LogP contribution in [0, 0.1) is 6.92 Å². The Labute approximate surface area is 108 Å². The van der Waals surface area contributed by atoms with Gasteiger partial charge in [-0.1, -0.05) is 23.7 Å². The molecule has 3 heteroatoms. The van der Waals surface area contributed by atoms with Gasteiger partial charge in [0.1, 0.15) is 0 Å². The Hall–Kier alpha value is -1.02. The fraction of sp³-hybridized carbons (Fsp3) is 0.500. The van der Waals surface area contributed by atoms with Crippen LogP contribution in [0.1, 0.15) is 30.4 Å². The Balaban J connectivity index is 1.88. The molecule has 0 radical (unpaired) electrons. The lowest BCUT2D eigenvalue weighted by Crippen LogP contribution is -2.27. The first-order valence-electron chi connectivity index (χ1n) is 6.19. The fourth-order valence-corrected chi connectivity index (χ4v) is 2.37. The topological polar surface area (TPSA) is 20.3 Å². The van der Waals surface area contributed by atoms with Crippen LogP contribution in [0.15, 0.2) is 18.2 Å². The lowest BCUT2D eigenvalue weighted by Gasteiger charge is -2.15. The molecule has 0 spiro atoms. The van der Waals surface area contributed by atoms with Crippen molar-refractivity contribution in [2.75, 3.05) is 13.1 Å². The van der Waals surface area contributed by atoms with Crippen LogP contribution in [0.5, 0.6) is 0 Å². The van der Waals surface area contributed by atoms with Gasteiger partial charge in [-0.2, -0.15) is 0 Å². The van der Waals surface area contributed by atoms with E-state index in [0.717, 1.165) is 48.5 Å². The Bertz CT molecular complexity index is 411. The zero-order chi connectivity index (χ0) is 12.3. The number of hydrogen-bond donors (Lipinski definition) is 0. The van der Waals surface area contributed by atoms with E-state index in [1.54, 1.807) is 0 Å². The highest BCUT2D eigenvalue weighted by atomic mass is 35.5. The Morgan fingerprint density at radius 1 is 1.35 bits per heavy atom. The summed E-state index contributed by atoms with van der Waals surface area (Å²) >= 11 is 6.06. The van der Waals surface area contributed by atoms with E-state index in [4.69, 9.17) is 11.6 Å². The number of nitrogens with zero attached hydrogens (tertiary/aromatic N) is 1. The van der Waals surface area contributed by atoms with Gasteiger partial charge in [-0.15, -0.1) is 0 Å². The second-order valence-corrected chi connectivity index (χ2v) is 5.08. The predicted molar refractivity (Wildman–Crippen MR) is 70.3 cm³/mol. The molecule has 2 nitrogen and oxygen atoms in total. The number of carbonyl (C=O) groups is 1. The van der Waals surface area contributed by atoms with Crippen molar-refractivity contribution in [1.82, 2.24) is 4.90 Å². The summed E-state index contributed by atoms with van der Waals surface area (Å²) in [5, 5.41) is 0.788.